The highest BCUT2D eigenvalue weighted by Crippen LogP contribution is 2.12. The van der Waals surface area contributed by atoms with Crippen molar-refractivity contribution in [2.75, 3.05) is 6.61 Å². The van der Waals surface area contributed by atoms with Gasteiger partial charge in [-0.25, -0.2) is 4.79 Å². The molecule has 0 fully saturated rings. The van der Waals surface area contributed by atoms with Crippen LogP contribution in [-0.2, 0) is 9.53 Å². The highest BCUT2D eigenvalue weighted by molar-refractivity contribution is 5.87. The van der Waals surface area contributed by atoms with Gasteiger partial charge in [-0.05, 0) is 52.9 Å². The lowest BCUT2D eigenvalue weighted by atomic mass is 10.0. The van der Waals surface area contributed by atoms with Crippen LogP contribution in [0.4, 0.5) is 0 Å². The van der Waals surface area contributed by atoms with Gasteiger partial charge in [-0.2, -0.15) is 0 Å². The molecule has 0 N–H and O–H groups in total. The van der Waals surface area contributed by atoms with Crippen LogP contribution in [0.25, 0.3) is 0 Å². The fraction of sp³-hybridized carbons (Fsp3) is 0.667. The first-order chi connectivity index (χ1) is 7.97. The van der Waals surface area contributed by atoms with Crippen molar-refractivity contribution in [3.05, 3.63) is 23.3 Å². The second-order valence-corrected chi connectivity index (χ2v) is 4.86. The van der Waals surface area contributed by atoms with Crippen molar-refractivity contribution in [1.29, 1.82) is 0 Å². The Morgan fingerprint density at radius 1 is 1.24 bits per heavy atom. The molecule has 0 aromatic carbocycles. The lowest BCUT2D eigenvalue weighted by Crippen LogP contribution is -2.09. The normalized spacial score (nSPS) is 13.1. The second kappa shape index (κ2) is 9.03. The first-order valence-electron chi connectivity index (χ1n) is 6.40. The number of ether oxygens (including phenoxy) is 1. The van der Waals surface area contributed by atoms with E-state index in [1.54, 1.807) is 13.0 Å². The Labute approximate surface area is 106 Å². The molecule has 0 aromatic rings. The maximum absolute atomic E-state index is 11.4. The summed E-state index contributed by atoms with van der Waals surface area (Å²) < 4.78 is 5.17. The molecule has 0 amide bonds. The van der Waals surface area contributed by atoms with Gasteiger partial charge in [0.05, 0.1) is 6.61 Å². The van der Waals surface area contributed by atoms with Crippen molar-refractivity contribution in [2.24, 2.45) is 5.92 Å². The highest BCUT2D eigenvalue weighted by Gasteiger charge is 2.06. The zero-order valence-corrected chi connectivity index (χ0v) is 11.9. The summed E-state index contributed by atoms with van der Waals surface area (Å²) in [5.74, 6) is 0.410. The van der Waals surface area contributed by atoms with E-state index in [9.17, 15) is 4.79 Å². The van der Waals surface area contributed by atoms with Crippen LogP contribution in [0.2, 0.25) is 0 Å². The van der Waals surface area contributed by atoms with Crippen LogP contribution in [0.5, 0.6) is 0 Å². The average molecular weight is 238 g/mol. The molecule has 0 radical (unpaired) electrons. The monoisotopic (exact) mass is 238 g/mol. The molecular formula is C15H26O2. The zero-order valence-electron chi connectivity index (χ0n) is 11.9. The Hall–Kier alpha value is -1.05. The lowest BCUT2D eigenvalue weighted by Gasteiger charge is -2.10. The molecule has 0 saturated heterocycles. The van der Waals surface area contributed by atoms with E-state index in [4.69, 9.17) is 4.74 Å². The number of esters is 1. The van der Waals surface area contributed by atoms with Gasteiger partial charge in [0, 0.05) is 5.57 Å². The Kier molecular flexibility index (Phi) is 8.47. The molecule has 2 heteroatoms. The summed E-state index contributed by atoms with van der Waals surface area (Å²) in [4.78, 5) is 11.4. The van der Waals surface area contributed by atoms with Crippen LogP contribution >= 0.6 is 0 Å². The maximum atomic E-state index is 11.4. The molecule has 0 rings (SSSR count). The Bertz CT molecular complexity index is 283. The average Bonchev–Trinajstić information content (AvgIpc) is 2.27. The van der Waals surface area contributed by atoms with E-state index in [0.717, 1.165) is 19.3 Å². The van der Waals surface area contributed by atoms with E-state index >= 15 is 0 Å². The van der Waals surface area contributed by atoms with Gasteiger partial charge in [0.2, 0.25) is 0 Å². The molecule has 0 heterocycles. The van der Waals surface area contributed by atoms with Crippen molar-refractivity contribution < 1.29 is 9.53 Å². The van der Waals surface area contributed by atoms with E-state index in [1.807, 2.05) is 6.92 Å². The third-order valence-electron chi connectivity index (χ3n) is 2.81. The Morgan fingerprint density at radius 2 is 1.88 bits per heavy atom. The van der Waals surface area contributed by atoms with Gasteiger partial charge in [-0.1, -0.05) is 24.6 Å². The largest absolute Gasteiger partial charge is 0.462 e. The van der Waals surface area contributed by atoms with E-state index in [0.29, 0.717) is 18.1 Å². The summed E-state index contributed by atoms with van der Waals surface area (Å²) in [6, 6.07) is 0. The third kappa shape index (κ3) is 8.73. The topological polar surface area (TPSA) is 26.3 Å². The molecule has 0 aromatic heterocycles. The standard InChI is InChI=1S/C15H26O2/c1-6-14(5)15(16)17-11-10-13(4)9-7-8-12(2)3/h6,8,13H,7,9-11H2,1-5H3/b14-6+/t13-/m0/s1. The van der Waals surface area contributed by atoms with E-state index in [-0.39, 0.29) is 5.97 Å². The zero-order chi connectivity index (χ0) is 13.3. The molecule has 1 atom stereocenters. The minimum atomic E-state index is -0.191. The number of hydrogen-bond acceptors (Lipinski definition) is 2. The van der Waals surface area contributed by atoms with E-state index in [1.165, 1.54) is 5.57 Å². The SMILES string of the molecule is C/C=C(\C)C(=O)OCC[C@@H](C)CCC=C(C)C. The minimum absolute atomic E-state index is 0.191. The van der Waals surface area contributed by atoms with Gasteiger partial charge in [0.15, 0.2) is 0 Å². The molecule has 0 aliphatic carbocycles. The predicted molar refractivity (Wildman–Crippen MR) is 72.8 cm³/mol. The fourth-order valence-electron chi connectivity index (χ4n) is 1.39. The van der Waals surface area contributed by atoms with Crippen molar-refractivity contribution in [2.45, 2.75) is 53.9 Å². The number of hydrogen-bond donors (Lipinski definition) is 0. The predicted octanol–water partition coefficient (Wildman–Crippen LogP) is 4.27. The van der Waals surface area contributed by atoms with Gasteiger partial charge >= 0.3 is 5.97 Å². The van der Waals surface area contributed by atoms with E-state index < -0.39 is 0 Å². The van der Waals surface area contributed by atoms with Gasteiger partial charge < -0.3 is 4.74 Å². The van der Waals surface area contributed by atoms with Crippen LogP contribution in [0.3, 0.4) is 0 Å². The molecule has 0 aliphatic rings. The molecule has 17 heavy (non-hydrogen) atoms. The maximum Gasteiger partial charge on any atom is 0.333 e. The summed E-state index contributed by atoms with van der Waals surface area (Å²) in [7, 11) is 0. The van der Waals surface area contributed by atoms with Gasteiger partial charge in [0.1, 0.15) is 0 Å². The quantitative estimate of drug-likeness (QED) is 0.376. The molecule has 0 unspecified atom stereocenters. The summed E-state index contributed by atoms with van der Waals surface area (Å²) in [6.45, 7) is 10.6. The van der Waals surface area contributed by atoms with Crippen LogP contribution in [-0.4, -0.2) is 12.6 Å². The molecule has 0 saturated carbocycles. The minimum Gasteiger partial charge on any atom is -0.462 e. The van der Waals surface area contributed by atoms with E-state index in [2.05, 4.69) is 26.8 Å². The number of carbonyl (C=O) groups is 1. The van der Waals surface area contributed by atoms with Crippen molar-refractivity contribution in [3.63, 3.8) is 0 Å². The molecule has 0 aliphatic heterocycles. The summed E-state index contributed by atoms with van der Waals surface area (Å²) in [5.41, 5.74) is 2.05. The van der Waals surface area contributed by atoms with Gasteiger partial charge in [-0.3, -0.25) is 0 Å². The summed E-state index contributed by atoms with van der Waals surface area (Å²) >= 11 is 0. The van der Waals surface area contributed by atoms with Crippen LogP contribution < -0.4 is 0 Å². The van der Waals surface area contributed by atoms with Crippen molar-refractivity contribution in [1.82, 2.24) is 0 Å². The summed E-state index contributed by atoms with van der Waals surface area (Å²) in [5, 5.41) is 0. The van der Waals surface area contributed by atoms with Crippen LogP contribution in [0.1, 0.15) is 53.9 Å². The lowest BCUT2D eigenvalue weighted by molar-refractivity contribution is -0.139. The smallest absolute Gasteiger partial charge is 0.333 e. The van der Waals surface area contributed by atoms with Crippen molar-refractivity contribution >= 4 is 5.97 Å². The highest BCUT2D eigenvalue weighted by atomic mass is 16.5. The molecule has 98 valence electrons. The Balaban J connectivity index is 3.68. The third-order valence-corrected chi connectivity index (χ3v) is 2.81. The molecular weight excluding hydrogens is 212 g/mol. The van der Waals surface area contributed by atoms with Gasteiger partial charge in [0.25, 0.3) is 0 Å². The summed E-state index contributed by atoms with van der Waals surface area (Å²) in [6.07, 6.45) is 7.25. The number of carbonyl (C=O) groups excluding carboxylic acids is 1. The molecule has 0 spiro atoms. The fourth-order valence-corrected chi connectivity index (χ4v) is 1.39. The van der Waals surface area contributed by atoms with Crippen molar-refractivity contribution in [3.8, 4) is 0 Å². The van der Waals surface area contributed by atoms with Crippen LogP contribution in [0.15, 0.2) is 23.3 Å². The van der Waals surface area contributed by atoms with Gasteiger partial charge in [-0.15, -0.1) is 0 Å². The number of allylic oxidation sites excluding steroid dienone is 3. The van der Waals surface area contributed by atoms with Crippen LogP contribution in [0, 0.1) is 5.92 Å². The Morgan fingerprint density at radius 3 is 2.41 bits per heavy atom. The molecule has 2 nitrogen and oxygen atoms in total. The second-order valence-electron chi connectivity index (χ2n) is 4.86. The number of rotatable bonds is 7. The first-order valence-corrected chi connectivity index (χ1v) is 6.40. The molecule has 0 bridgehead atoms. The first kappa shape index (κ1) is 16.0.